The molecule has 1 aliphatic rings. The highest BCUT2D eigenvalue weighted by Crippen LogP contribution is 2.38. The van der Waals surface area contributed by atoms with Crippen molar-refractivity contribution in [2.24, 2.45) is 0 Å². The van der Waals surface area contributed by atoms with Crippen molar-refractivity contribution in [3.05, 3.63) is 52.1 Å². The molecule has 0 bridgehead atoms. The summed E-state index contributed by atoms with van der Waals surface area (Å²) in [6.07, 6.45) is 5.21. The van der Waals surface area contributed by atoms with E-state index in [2.05, 4.69) is 20.3 Å². The van der Waals surface area contributed by atoms with Crippen molar-refractivity contribution in [2.45, 2.75) is 19.3 Å². The Balaban J connectivity index is 1.48. The molecule has 0 amide bonds. The van der Waals surface area contributed by atoms with Gasteiger partial charge in [0.25, 0.3) is 0 Å². The Labute approximate surface area is 162 Å². The van der Waals surface area contributed by atoms with Crippen LogP contribution in [0.2, 0.25) is 5.02 Å². The molecule has 0 fully saturated rings. The third-order valence-electron chi connectivity index (χ3n) is 5.00. The minimum atomic E-state index is 0.620. The van der Waals surface area contributed by atoms with Gasteiger partial charge in [0.1, 0.15) is 16.9 Å². The van der Waals surface area contributed by atoms with Crippen LogP contribution in [0.15, 0.2) is 36.7 Å². The zero-order valence-corrected chi connectivity index (χ0v) is 15.7. The maximum atomic E-state index is 5.97. The van der Waals surface area contributed by atoms with Crippen molar-refractivity contribution in [1.29, 1.82) is 0 Å². The van der Waals surface area contributed by atoms with E-state index in [0.29, 0.717) is 10.8 Å². The second-order valence-corrected chi connectivity index (χ2v) is 8.18. The lowest BCUT2D eigenvalue weighted by Gasteiger charge is -1.95. The van der Waals surface area contributed by atoms with Crippen molar-refractivity contribution >= 4 is 38.8 Å². The van der Waals surface area contributed by atoms with E-state index in [0.717, 1.165) is 45.7 Å². The molecule has 0 saturated carbocycles. The summed E-state index contributed by atoms with van der Waals surface area (Å²) < 4.78 is 1.77. The fourth-order valence-corrected chi connectivity index (χ4v) is 5.06. The van der Waals surface area contributed by atoms with Crippen LogP contribution in [0.5, 0.6) is 0 Å². The summed E-state index contributed by atoms with van der Waals surface area (Å²) in [4.78, 5) is 11.9. The molecule has 0 saturated heterocycles. The van der Waals surface area contributed by atoms with Gasteiger partial charge < -0.3 is 0 Å². The molecule has 4 heterocycles. The molecule has 0 atom stereocenters. The summed E-state index contributed by atoms with van der Waals surface area (Å²) in [6.45, 7) is 0. The van der Waals surface area contributed by atoms with Crippen LogP contribution >= 0.6 is 22.9 Å². The molecule has 6 rings (SSSR count). The molecule has 5 aromatic rings. The SMILES string of the molecule is Clc1ccc(-c2cc(-c3nc4c5c6c(sc5ncn4n3)CCC6)[nH]n2)cc1. The fourth-order valence-electron chi connectivity index (χ4n) is 3.71. The first-order valence-corrected chi connectivity index (χ1v) is 9.93. The number of aryl methyl sites for hydroxylation is 2. The largest absolute Gasteiger partial charge is 0.274 e. The first-order chi connectivity index (χ1) is 13.3. The Morgan fingerprint density at radius 1 is 1.15 bits per heavy atom. The first kappa shape index (κ1) is 15.3. The molecular weight excluding hydrogens is 380 g/mol. The van der Waals surface area contributed by atoms with Gasteiger partial charge in [-0.2, -0.15) is 5.10 Å². The monoisotopic (exact) mass is 392 g/mol. The van der Waals surface area contributed by atoms with Crippen LogP contribution in [-0.4, -0.2) is 29.8 Å². The number of nitrogens with one attached hydrogen (secondary N) is 1. The van der Waals surface area contributed by atoms with Gasteiger partial charge in [-0.25, -0.2) is 14.5 Å². The number of H-pyrrole nitrogens is 1. The average molecular weight is 393 g/mol. The van der Waals surface area contributed by atoms with Crippen molar-refractivity contribution in [3.63, 3.8) is 0 Å². The van der Waals surface area contributed by atoms with E-state index in [1.54, 1.807) is 22.2 Å². The number of hydrogen-bond donors (Lipinski definition) is 1. The number of aromatic nitrogens is 6. The summed E-state index contributed by atoms with van der Waals surface area (Å²) in [5.74, 6) is 0.620. The van der Waals surface area contributed by atoms with E-state index in [4.69, 9.17) is 16.6 Å². The Kier molecular flexibility index (Phi) is 3.18. The number of thiophene rings is 1. The summed E-state index contributed by atoms with van der Waals surface area (Å²) in [5.41, 5.74) is 4.88. The maximum absolute atomic E-state index is 5.97. The fraction of sp³-hybridized carbons (Fsp3) is 0.158. The summed E-state index contributed by atoms with van der Waals surface area (Å²) >= 11 is 7.75. The molecule has 0 spiro atoms. The van der Waals surface area contributed by atoms with Crippen molar-refractivity contribution in [1.82, 2.24) is 29.8 Å². The Hall–Kier alpha value is -2.77. The van der Waals surface area contributed by atoms with Crippen LogP contribution in [0, 0.1) is 0 Å². The second-order valence-electron chi connectivity index (χ2n) is 6.66. The van der Waals surface area contributed by atoms with Gasteiger partial charge in [0, 0.05) is 15.5 Å². The highest BCUT2D eigenvalue weighted by atomic mass is 35.5. The highest BCUT2D eigenvalue weighted by molar-refractivity contribution is 7.19. The predicted octanol–water partition coefficient (Wildman–Crippen LogP) is 4.54. The summed E-state index contributed by atoms with van der Waals surface area (Å²) in [6, 6.07) is 9.56. The van der Waals surface area contributed by atoms with Gasteiger partial charge in [-0.05, 0) is 43.0 Å². The summed E-state index contributed by atoms with van der Waals surface area (Å²) in [7, 11) is 0. The van der Waals surface area contributed by atoms with Crippen molar-refractivity contribution < 1.29 is 0 Å². The minimum absolute atomic E-state index is 0.620. The minimum Gasteiger partial charge on any atom is -0.274 e. The number of fused-ring (bicyclic) bond motifs is 5. The third-order valence-corrected chi connectivity index (χ3v) is 6.45. The topological polar surface area (TPSA) is 71.8 Å². The lowest BCUT2D eigenvalue weighted by atomic mass is 10.1. The van der Waals surface area contributed by atoms with Gasteiger partial charge in [0.15, 0.2) is 11.5 Å². The molecule has 1 N–H and O–H groups in total. The van der Waals surface area contributed by atoms with Gasteiger partial charge >= 0.3 is 0 Å². The maximum Gasteiger partial charge on any atom is 0.200 e. The Bertz CT molecular complexity index is 1310. The molecule has 4 aromatic heterocycles. The van der Waals surface area contributed by atoms with Crippen LogP contribution in [0.3, 0.4) is 0 Å². The van der Waals surface area contributed by atoms with Crippen molar-refractivity contribution in [3.8, 4) is 22.8 Å². The zero-order chi connectivity index (χ0) is 18.0. The smallest absolute Gasteiger partial charge is 0.200 e. The molecule has 27 heavy (non-hydrogen) atoms. The Morgan fingerprint density at radius 2 is 2.04 bits per heavy atom. The first-order valence-electron chi connectivity index (χ1n) is 8.73. The zero-order valence-electron chi connectivity index (χ0n) is 14.1. The van der Waals surface area contributed by atoms with E-state index >= 15 is 0 Å². The molecule has 1 aliphatic carbocycles. The van der Waals surface area contributed by atoms with E-state index in [9.17, 15) is 0 Å². The van der Waals surface area contributed by atoms with Gasteiger partial charge in [0.05, 0.1) is 11.1 Å². The number of aromatic amines is 1. The molecule has 0 unspecified atom stereocenters. The quantitative estimate of drug-likeness (QED) is 0.478. The normalized spacial score (nSPS) is 13.7. The van der Waals surface area contributed by atoms with Crippen LogP contribution in [-0.2, 0) is 12.8 Å². The summed E-state index contributed by atoms with van der Waals surface area (Å²) in [5, 5.41) is 13.9. The van der Waals surface area contributed by atoms with Crippen LogP contribution < -0.4 is 0 Å². The van der Waals surface area contributed by atoms with Crippen LogP contribution in [0.4, 0.5) is 0 Å². The molecular formula is C19H13ClN6S. The standard InChI is InChI=1S/C19H13ClN6S/c20-11-6-4-10(5-7-11)13-8-14(24-23-13)17-22-18-16-12-2-1-3-15(12)27-19(16)21-9-26(18)25-17/h4-9H,1-3H2,(H,23,24). The number of nitrogens with zero attached hydrogens (tertiary/aromatic N) is 5. The molecule has 1 aromatic carbocycles. The molecule has 0 aliphatic heterocycles. The number of hydrogen-bond acceptors (Lipinski definition) is 5. The molecule has 6 nitrogen and oxygen atoms in total. The molecule has 132 valence electrons. The van der Waals surface area contributed by atoms with Gasteiger partial charge in [-0.1, -0.05) is 23.7 Å². The number of benzene rings is 1. The molecule has 8 heteroatoms. The third kappa shape index (κ3) is 2.32. The van der Waals surface area contributed by atoms with Gasteiger partial charge in [-0.3, -0.25) is 5.10 Å². The van der Waals surface area contributed by atoms with E-state index in [1.807, 2.05) is 30.3 Å². The lowest BCUT2D eigenvalue weighted by molar-refractivity contribution is 0.913. The highest BCUT2D eigenvalue weighted by Gasteiger charge is 2.22. The van der Waals surface area contributed by atoms with Crippen LogP contribution in [0.1, 0.15) is 16.9 Å². The van der Waals surface area contributed by atoms with E-state index in [-0.39, 0.29) is 0 Å². The van der Waals surface area contributed by atoms with Gasteiger partial charge in [0.2, 0.25) is 0 Å². The number of rotatable bonds is 2. The second kappa shape index (κ2) is 5.61. The predicted molar refractivity (Wildman–Crippen MR) is 106 cm³/mol. The lowest BCUT2D eigenvalue weighted by Crippen LogP contribution is -1.90. The Morgan fingerprint density at radius 3 is 2.93 bits per heavy atom. The average Bonchev–Trinajstić information content (AvgIpc) is 3.43. The van der Waals surface area contributed by atoms with Crippen LogP contribution in [0.25, 0.3) is 38.6 Å². The van der Waals surface area contributed by atoms with Crippen molar-refractivity contribution in [2.75, 3.05) is 0 Å². The van der Waals surface area contributed by atoms with E-state index < -0.39 is 0 Å². The molecule has 0 radical (unpaired) electrons. The van der Waals surface area contributed by atoms with Gasteiger partial charge in [-0.15, -0.1) is 16.4 Å². The van der Waals surface area contributed by atoms with E-state index in [1.165, 1.54) is 16.9 Å². The number of halogens is 1.